The Morgan fingerprint density at radius 2 is 1.77 bits per heavy atom. The van der Waals surface area contributed by atoms with Crippen LogP contribution in [-0.4, -0.2) is 27.7 Å². The Kier molecular flexibility index (Phi) is 5.61. The zero-order valence-electron chi connectivity index (χ0n) is 15.6. The molecule has 0 fully saturated rings. The Bertz CT molecular complexity index is 915. The third kappa shape index (κ3) is 5.23. The normalized spacial score (nSPS) is 11.7. The Labute approximate surface area is 154 Å². The Hall–Kier alpha value is -2.54. The number of anilines is 2. The molecule has 2 rings (SSSR count). The fourth-order valence-electron chi connectivity index (χ4n) is 2.40. The van der Waals surface area contributed by atoms with Gasteiger partial charge < -0.3 is 10.1 Å². The van der Waals surface area contributed by atoms with Gasteiger partial charge in [-0.15, -0.1) is 0 Å². The van der Waals surface area contributed by atoms with Crippen molar-refractivity contribution in [3.05, 3.63) is 53.6 Å². The average Bonchev–Trinajstić information content (AvgIpc) is 2.52. The Balaban J connectivity index is 2.31. The molecule has 0 atom stereocenters. The van der Waals surface area contributed by atoms with Gasteiger partial charge in [0.2, 0.25) is 10.0 Å². The molecular formula is C19H24N2O4S. The number of carbonyl (C=O) groups is 1. The second-order valence-electron chi connectivity index (χ2n) is 7.07. The van der Waals surface area contributed by atoms with Gasteiger partial charge in [-0.3, -0.25) is 9.52 Å². The molecule has 2 aromatic carbocycles. The minimum absolute atomic E-state index is 0.0783. The van der Waals surface area contributed by atoms with Gasteiger partial charge in [-0.25, -0.2) is 8.42 Å². The summed E-state index contributed by atoms with van der Waals surface area (Å²) in [5.41, 5.74) is 2.20. The second-order valence-corrected chi connectivity index (χ2v) is 8.82. The van der Waals surface area contributed by atoms with Crippen LogP contribution in [0.15, 0.2) is 42.5 Å². The van der Waals surface area contributed by atoms with Crippen LogP contribution in [0.1, 0.15) is 36.7 Å². The van der Waals surface area contributed by atoms with E-state index in [0.717, 1.165) is 11.8 Å². The summed E-state index contributed by atoms with van der Waals surface area (Å²) in [6, 6.07) is 12.0. The van der Waals surface area contributed by atoms with Crippen molar-refractivity contribution >= 4 is 27.3 Å². The number of hydrogen-bond donors (Lipinski definition) is 2. The predicted octanol–water partition coefficient (Wildman–Crippen LogP) is 3.62. The van der Waals surface area contributed by atoms with E-state index in [-0.39, 0.29) is 11.3 Å². The lowest BCUT2D eigenvalue weighted by atomic mass is 9.87. The molecular weight excluding hydrogens is 352 g/mol. The van der Waals surface area contributed by atoms with Crippen molar-refractivity contribution in [2.75, 3.05) is 23.4 Å². The first-order valence-corrected chi connectivity index (χ1v) is 9.96. The van der Waals surface area contributed by atoms with Gasteiger partial charge in [0.05, 0.1) is 19.1 Å². The van der Waals surface area contributed by atoms with Gasteiger partial charge in [-0.2, -0.15) is 0 Å². The minimum atomic E-state index is -3.41. The van der Waals surface area contributed by atoms with E-state index < -0.39 is 10.0 Å². The average molecular weight is 376 g/mol. The van der Waals surface area contributed by atoms with Gasteiger partial charge in [0.25, 0.3) is 5.91 Å². The Morgan fingerprint density at radius 1 is 1.08 bits per heavy atom. The van der Waals surface area contributed by atoms with Gasteiger partial charge in [0.15, 0.2) is 0 Å². The molecule has 2 N–H and O–H groups in total. The van der Waals surface area contributed by atoms with Crippen molar-refractivity contribution in [1.29, 1.82) is 0 Å². The van der Waals surface area contributed by atoms with E-state index in [1.54, 1.807) is 25.3 Å². The van der Waals surface area contributed by atoms with E-state index in [0.29, 0.717) is 22.7 Å². The molecule has 0 saturated heterocycles. The summed E-state index contributed by atoms with van der Waals surface area (Å²) in [5.74, 6) is 0.197. The first kappa shape index (κ1) is 19.8. The summed E-state index contributed by atoms with van der Waals surface area (Å²) < 4.78 is 30.4. The monoisotopic (exact) mass is 376 g/mol. The smallest absolute Gasteiger partial charge is 0.255 e. The van der Waals surface area contributed by atoms with Crippen LogP contribution in [0, 0.1) is 0 Å². The molecule has 26 heavy (non-hydrogen) atoms. The van der Waals surface area contributed by atoms with Crippen molar-refractivity contribution in [2.45, 2.75) is 26.2 Å². The molecule has 2 aromatic rings. The second kappa shape index (κ2) is 7.37. The predicted molar refractivity (Wildman–Crippen MR) is 105 cm³/mol. The molecule has 6 nitrogen and oxygen atoms in total. The van der Waals surface area contributed by atoms with Crippen molar-refractivity contribution < 1.29 is 17.9 Å². The van der Waals surface area contributed by atoms with Gasteiger partial charge in [-0.1, -0.05) is 32.9 Å². The number of carbonyl (C=O) groups excluding carboxylic acids is 1. The molecule has 0 aromatic heterocycles. The zero-order chi connectivity index (χ0) is 19.5. The number of sulfonamides is 1. The molecule has 0 bridgehead atoms. The van der Waals surface area contributed by atoms with E-state index >= 15 is 0 Å². The number of hydrogen-bond acceptors (Lipinski definition) is 4. The van der Waals surface area contributed by atoms with Crippen LogP contribution in [0.25, 0.3) is 0 Å². The van der Waals surface area contributed by atoms with Crippen LogP contribution in [0.3, 0.4) is 0 Å². The highest BCUT2D eigenvalue weighted by atomic mass is 32.2. The van der Waals surface area contributed by atoms with E-state index in [1.807, 2.05) is 18.2 Å². The third-order valence-corrected chi connectivity index (χ3v) is 4.35. The molecule has 0 aliphatic heterocycles. The SMILES string of the molecule is COc1ccc(C(C)(C)C)cc1NC(=O)c1cccc(NS(C)(=O)=O)c1. The fourth-order valence-corrected chi connectivity index (χ4v) is 2.96. The summed E-state index contributed by atoms with van der Waals surface area (Å²) in [5, 5.41) is 2.84. The number of ether oxygens (including phenoxy) is 1. The topological polar surface area (TPSA) is 84.5 Å². The molecule has 0 aliphatic rings. The maximum absolute atomic E-state index is 12.6. The maximum atomic E-state index is 12.6. The van der Waals surface area contributed by atoms with Gasteiger partial charge in [-0.05, 0) is 41.3 Å². The summed E-state index contributed by atoms with van der Waals surface area (Å²) >= 11 is 0. The van der Waals surface area contributed by atoms with E-state index in [4.69, 9.17) is 4.74 Å². The largest absolute Gasteiger partial charge is 0.495 e. The highest BCUT2D eigenvalue weighted by Crippen LogP contribution is 2.31. The van der Waals surface area contributed by atoms with Gasteiger partial charge >= 0.3 is 0 Å². The maximum Gasteiger partial charge on any atom is 0.255 e. The number of amides is 1. The Morgan fingerprint density at radius 3 is 2.35 bits per heavy atom. The van der Waals surface area contributed by atoms with E-state index in [2.05, 4.69) is 30.8 Å². The number of benzene rings is 2. The molecule has 0 unspecified atom stereocenters. The molecule has 140 valence electrons. The molecule has 0 radical (unpaired) electrons. The van der Waals surface area contributed by atoms with Crippen molar-refractivity contribution in [3.63, 3.8) is 0 Å². The molecule has 7 heteroatoms. The highest BCUT2D eigenvalue weighted by Gasteiger charge is 2.17. The number of rotatable bonds is 5. The number of methoxy groups -OCH3 is 1. The third-order valence-electron chi connectivity index (χ3n) is 3.74. The van der Waals surface area contributed by atoms with Crippen LogP contribution in [0.2, 0.25) is 0 Å². The summed E-state index contributed by atoms with van der Waals surface area (Å²) in [6.07, 6.45) is 1.06. The van der Waals surface area contributed by atoms with Gasteiger partial charge in [0, 0.05) is 11.3 Å². The van der Waals surface area contributed by atoms with Crippen molar-refractivity contribution in [3.8, 4) is 5.75 Å². The molecule has 0 saturated carbocycles. The molecule has 0 heterocycles. The number of nitrogens with one attached hydrogen (secondary N) is 2. The first-order valence-electron chi connectivity index (χ1n) is 8.07. The van der Waals surface area contributed by atoms with Crippen molar-refractivity contribution in [2.24, 2.45) is 0 Å². The van der Waals surface area contributed by atoms with Crippen LogP contribution >= 0.6 is 0 Å². The van der Waals surface area contributed by atoms with Crippen LogP contribution in [-0.2, 0) is 15.4 Å². The molecule has 0 aliphatic carbocycles. The quantitative estimate of drug-likeness (QED) is 0.835. The standard InChI is InChI=1S/C19H24N2O4S/c1-19(2,3)14-9-10-17(25-4)16(12-14)20-18(22)13-7-6-8-15(11-13)21-26(5,23)24/h6-12,21H,1-5H3,(H,20,22). The van der Waals surface area contributed by atoms with E-state index in [9.17, 15) is 13.2 Å². The lowest BCUT2D eigenvalue weighted by Gasteiger charge is -2.21. The summed E-state index contributed by atoms with van der Waals surface area (Å²) in [7, 11) is -1.87. The fraction of sp³-hybridized carbons (Fsp3) is 0.316. The minimum Gasteiger partial charge on any atom is -0.495 e. The van der Waals surface area contributed by atoms with Crippen LogP contribution in [0.5, 0.6) is 5.75 Å². The van der Waals surface area contributed by atoms with Crippen molar-refractivity contribution in [1.82, 2.24) is 0 Å². The van der Waals surface area contributed by atoms with E-state index in [1.165, 1.54) is 6.07 Å². The lowest BCUT2D eigenvalue weighted by molar-refractivity contribution is 0.102. The lowest BCUT2D eigenvalue weighted by Crippen LogP contribution is -2.16. The van der Waals surface area contributed by atoms with Crippen LogP contribution in [0.4, 0.5) is 11.4 Å². The van der Waals surface area contributed by atoms with Gasteiger partial charge in [0.1, 0.15) is 5.75 Å². The summed E-state index contributed by atoms with van der Waals surface area (Å²) in [4.78, 5) is 12.6. The molecule has 1 amide bonds. The molecule has 0 spiro atoms. The zero-order valence-corrected chi connectivity index (χ0v) is 16.4. The van der Waals surface area contributed by atoms with Crippen LogP contribution < -0.4 is 14.8 Å². The summed E-state index contributed by atoms with van der Waals surface area (Å²) in [6.45, 7) is 6.25. The first-order chi connectivity index (χ1) is 12.0. The highest BCUT2D eigenvalue weighted by molar-refractivity contribution is 7.92.